The van der Waals surface area contributed by atoms with Crippen molar-refractivity contribution in [1.29, 1.82) is 0 Å². The second-order valence-electron chi connectivity index (χ2n) is 9.27. The summed E-state index contributed by atoms with van der Waals surface area (Å²) in [4.78, 5) is 42.1. The Hall–Kier alpha value is -3.19. The van der Waals surface area contributed by atoms with Crippen molar-refractivity contribution in [2.45, 2.75) is 38.4 Å². The number of fused-ring (bicyclic) bond motifs is 4. The zero-order valence-corrected chi connectivity index (χ0v) is 18.4. The van der Waals surface area contributed by atoms with E-state index in [1.165, 1.54) is 4.90 Å². The molecule has 1 spiro atoms. The number of benzene rings is 2. The molecule has 2 fully saturated rings. The minimum Gasteiger partial charge on any atom is -0.496 e. The molecule has 7 nitrogen and oxygen atoms in total. The van der Waals surface area contributed by atoms with Gasteiger partial charge in [0.15, 0.2) is 0 Å². The van der Waals surface area contributed by atoms with Crippen LogP contribution in [-0.4, -0.2) is 35.8 Å². The number of nitrogens with zero attached hydrogens (tertiary/aromatic N) is 1. The van der Waals surface area contributed by atoms with Crippen LogP contribution in [0.5, 0.6) is 5.75 Å². The highest BCUT2D eigenvalue weighted by Crippen LogP contribution is 2.53. The molecule has 0 aromatic heterocycles. The standard InChI is InChI=1S/C25H27N3O4/c1-14(2)12-18-20-21(25(27-18)16-9-5-6-10-17(16)26-24(25)31)23(30)28(22(20)29)13-15-8-4-7-11-19(15)32-3/h4-11,14,18,20-21,27H,12-13H2,1-3H3,(H,26,31)/t18?,20-,21+,25?/m1/s1. The topological polar surface area (TPSA) is 87.7 Å². The molecule has 4 atom stereocenters. The maximum absolute atomic E-state index is 13.8. The first-order chi connectivity index (χ1) is 15.4. The van der Waals surface area contributed by atoms with Crippen LogP contribution in [0.1, 0.15) is 31.4 Å². The number of ether oxygens (including phenoxy) is 1. The van der Waals surface area contributed by atoms with E-state index in [-0.39, 0.29) is 30.3 Å². The lowest BCUT2D eigenvalue weighted by Gasteiger charge is -2.30. The molecule has 0 radical (unpaired) electrons. The predicted octanol–water partition coefficient (Wildman–Crippen LogP) is 2.66. The number of methoxy groups -OCH3 is 1. The van der Waals surface area contributed by atoms with Gasteiger partial charge in [0.2, 0.25) is 17.7 Å². The summed E-state index contributed by atoms with van der Waals surface area (Å²) < 4.78 is 5.42. The van der Waals surface area contributed by atoms with Crippen molar-refractivity contribution < 1.29 is 19.1 Å². The van der Waals surface area contributed by atoms with Gasteiger partial charge in [-0.2, -0.15) is 0 Å². The Bertz CT molecular complexity index is 1110. The molecule has 2 aromatic rings. The van der Waals surface area contributed by atoms with E-state index in [0.29, 0.717) is 23.8 Å². The molecule has 2 N–H and O–H groups in total. The highest BCUT2D eigenvalue weighted by molar-refractivity contribution is 6.15. The summed E-state index contributed by atoms with van der Waals surface area (Å²) in [6, 6.07) is 14.5. The number of anilines is 1. The Balaban J connectivity index is 1.59. The van der Waals surface area contributed by atoms with Gasteiger partial charge in [0.05, 0.1) is 25.5 Å². The van der Waals surface area contributed by atoms with Crippen LogP contribution in [0, 0.1) is 17.8 Å². The molecule has 0 bridgehead atoms. The van der Waals surface area contributed by atoms with Crippen LogP contribution >= 0.6 is 0 Å². The van der Waals surface area contributed by atoms with Crippen LogP contribution in [0.3, 0.4) is 0 Å². The van der Waals surface area contributed by atoms with Crippen molar-refractivity contribution in [2.24, 2.45) is 17.8 Å². The third kappa shape index (κ3) is 2.80. The second-order valence-corrected chi connectivity index (χ2v) is 9.27. The summed E-state index contributed by atoms with van der Waals surface area (Å²) in [7, 11) is 1.57. The smallest absolute Gasteiger partial charge is 0.250 e. The third-order valence-electron chi connectivity index (χ3n) is 6.96. The number of hydrogen-bond donors (Lipinski definition) is 2. The Kier molecular flexibility index (Phi) is 4.82. The van der Waals surface area contributed by atoms with Gasteiger partial charge >= 0.3 is 0 Å². The molecule has 0 aliphatic carbocycles. The number of para-hydroxylation sites is 2. The summed E-state index contributed by atoms with van der Waals surface area (Å²) in [6.07, 6.45) is 0.694. The van der Waals surface area contributed by atoms with Crippen LogP contribution in [0.15, 0.2) is 48.5 Å². The Morgan fingerprint density at radius 2 is 1.75 bits per heavy atom. The maximum atomic E-state index is 13.8. The summed E-state index contributed by atoms with van der Waals surface area (Å²) in [6.45, 7) is 4.29. The molecule has 3 amide bonds. The number of hydrogen-bond acceptors (Lipinski definition) is 5. The fraction of sp³-hybridized carbons (Fsp3) is 0.400. The molecule has 2 aromatic carbocycles. The minimum atomic E-state index is -1.23. The lowest BCUT2D eigenvalue weighted by atomic mass is 9.76. The fourth-order valence-electron chi connectivity index (χ4n) is 5.69. The van der Waals surface area contributed by atoms with Gasteiger partial charge in [-0.05, 0) is 24.5 Å². The normalized spacial score (nSPS) is 28.4. The molecule has 32 heavy (non-hydrogen) atoms. The molecule has 5 rings (SSSR count). The zero-order chi connectivity index (χ0) is 22.6. The summed E-state index contributed by atoms with van der Waals surface area (Å²) >= 11 is 0. The van der Waals surface area contributed by atoms with E-state index < -0.39 is 17.4 Å². The lowest BCUT2D eigenvalue weighted by molar-refractivity contribution is -0.143. The highest BCUT2D eigenvalue weighted by atomic mass is 16.5. The molecule has 3 aliphatic heterocycles. The molecule has 3 heterocycles. The second kappa shape index (κ2) is 7.45. The predicted molar refractivity (Wildman–Crippen MR) is 119 cm³/mol. The largest absolute Gasteiger partial charge is 0.496 e. The molecule has 3 aliphatic rings. The third-order valence-corrected chi connectivity index (χ3v) is 6.96. The van der Waals surface area contributed by atoms with E-state index in [1.54, 1.807) is 7.11 Å². The van der Waals surface area contributed by atoms with Crippen molar-refractivity contribution in [1.82, 2.24) is 10.2 Å². The van der Waals surface area contributed by atoms with Crippen molar-refractivity contribution in [2.75, 3.05) is 12.4 Å². The Labute approximate surface area is 187 Å². The van der Waals surface area contributed by atoms with E-state index >= 15 is 0 Å². The fourth-order valence-corrected chi connectivity index (χ4v) is 5.69. The van der Waals surface area contributed by atoms with Gasteiger partial charge < -0.3 is 10.1 Å². The number of amides is 3. The quantitative estimate of drug-likeness (QED) is 0.708. The number of likely N-dealkylation sites (tertiary alicyclic amines) is 1. The summed E-state index contributed by atoms with van der Waals surface area (Å²) in [5, 5.41) is 6.40. The van der Waals surface area contributed by atoms with Gasteiger partial charge in [-0.3, -0.25) is 24.6 Å². The van der Waals surface area contributed by atoms with E-state index in [9.17, 15) is 14.4 Å². The van der Waals surface area contributed by atoms with E-state index in [1.807, 2.05) is 48.5 Å². The average Bonchev–Trinajstić information content (AvgIpc) is 3.34. The van der Waals surface area contributed by atoms with Crippen molar-refractivity contribution >= 4 is 23.4 Å². The number of nitrogens with one attached hydrogen (secondary N) is 2. The Morgan fingerprint density at radius 1 is 1.03 bits per heavy atom. The van der Waals surface area contributed by atoms with Crippen LogP contribution < -0.4 is 15.4 Å². The molecular weight excluding hydrogens is 406 g/mol. The monoisotopic (exact) mass is 433 g/mol. The first-order valence-corrected chi connectivity index (χ1v) is 11.0. The average molecular weight is 434 g/mol. The van der Waals surface area contributed by atoms with Crippen LogP contribution in [0.2, 0.25) is 0 Å². The van der Waals surface area contributed by atoms with Gasteiger partial charge in [0, 0.05) is 22.9 Å². The van der Waals surface area contributed by atoms with E-state index in [4.69, 9.17) is 4.74 Å². The first kappa shape index (κ1) is 20.7. The molecule has 166 valence electrons. The maximum Gasteiger partial charge on any atom is 0.250 e. The van der Waals surface area contributed by atoms with E-state index in [2.05, 4.69) is 24.5 Å². The van der Waals surface area contributed by atoms with Crippen molar-refractivity contribution in [3.8, 4) is 5.75 Å². The van der Waals surface area contributed by atoms with E-state index in [0.717, 1.165) is 11.1 Å². The molecular formula is C25H27N3O4. The molecule has 2 saturated heterocycles. The molecule has 7 heteroatoms. The number of carbonyl (C=O) groups is 3. The minimum absolute atomic E-state index is 0.127. The highest BCUT2D eigenvalue weighted by Gasteiger charge is 2.70. The van der Waals surface area contributed by atoms with Crippen LogP contribution in [-0.2, 0) is 26.5 Å². The zero-order valence-electron chi connectivity index (χ0n) is 18.4. The SMILES string of the molecule is COc1ccccc1CN1C(=O)[C@@H]2C(CC(C)C)NC3(C(=O)Nc4ccccc43)[C@@H]2C1=O. The Morgan fingerprint density at radius 3 is 2.50 bits per heavy atom. The van der Waals surface area contributed by atoms with Gasteiger partial charge in [-0.25, -0.2) is 0 Å². The van der Waals surface area contributed by atoms with Gasteiger partial charge in [-0.1, -0.05) is 50.2 Å². The van der Waals surface area contributed by atoms with Crippen LogP contribution in [0.4, 0.5) is 5.69 Å². The van der Waals surface area contributed by atoms with Gasteiger partial charge in [0.1, 0.15) is 11.3 Å². The summed E-state index contributed by atoms with van der Waals surface area (Å²) in [5.41, 5.74) is 0.961. The van der Waals surface area contributed by atoms with Crippen LogP contribution in [0.25, 0.3) is 0 Å². The summed E-state index contributed by atoms with van der Waals surface area (Å²) in [5.74, 6) is -1.24. The van der Waals surface area contributed by atoms with Crippen molar-refractivity contribution in [3.05, 3.63) is 59.7 Å². The van der Waals surface area contributed by atoms with Crippen molar-refractivity contribution in [3.63, 3.8) is 0 Å². The number of carbonyl (C=O) groups excluding carboxylic acids is 3. The number of rotatable bonds is 5. The van der Waals surface area contributed by atoms with Gasteiger partial charge in [-0.15, -0.1) is 0 Å². The van der Waals surface area contributed by atoms with Gasteiger partial charge in [0.25, 0.3) is 0 Å². The number of imide groups is 1. The first-order valence-electron chi connectivity index (χ1n) is 11.0. The molecule has 0 saturated carbocycles. The molecule has 2 unspecified atom stereocenters. The lowest BCUT2D eigenvalue weighted by Crippen LogP contribution is -2.53.